The maximum absolute atomic E-state index is 12.1. The van der Waals surface area contributed by atoms with Crippen LogP contribution in [0.2, 0.25) is 10.0 Å². The van der Waals surface area contributed by atoms with Crippen LogP contribution in [0.4, 0.5) is 0 Å². The first-order chi connectivity index (χ1) is 9.61. The molecular weight excluding hydrogens is 301 g/mol. The summed E-state index contributed by atoms with van der Waals surface area (Å²) in [4.78, 5) is 13.8. The Balaban J connectivity index is 1.94. The minimum atomic E-state index is -0.130. The van der Waals surface area contributed by atoms with Gasteiger partial charge in [-0.3, -0.25) is 4.79 Å². The number of piperidine rings is 1. The van der Waals surface area contributed by atoms with Crippen molar-refractivity contribution in [2.75, 3.05) is 19.8 Å². The van der Waals surface area contributed by atoms with Gasteiger partial charge in [0.25, 0.3) is 5.91 Å². The molecule has 4 nitrogen and oxygen atoms in total. The van der Waals surface area contributed by atoms with Crippen LogP contribution in [0.5, 0.6) is 5.75 Å². The molecule has 1 N–H and O–H groups in total. The molecule has 1 unspecified atom stereocenters. The van der Waals surface area contributed by atoms with Gasteiger partial charge in [-0.1, -0.05) is 23.2 Å². The second-order valence-electron chi connectivity index (χ2n) is 4.78. The zero-order valence-electron chi connectivity index (χ0n) is 11.0. The third-order valence-electron chi connectivity index (χ3n) is 3.40. The Kier molecular flexibility index (Phi) is 5.52. The van der Waals surface area contributed by atoms with E-state index in [1.165, 1.54) is 0 Å². The van der Waals surface area contributed by atoms with Crippen LogP contribution in [0.1, 0.15) is 19.3 Å². The van der Waals surface area contributed by atoms with Crippen molar-refractivity contribution in [1.82, 2.24) is 4.90 Å². The number of rotatable bonds is 4. The highest BCUT2D eigenvalue weighted by Gasteiger charge is 2.26. The Hall–Kier alpha value is -0.970. The first kappa shape index (κ1) is 15.4. The molecule has 0 saturated carbocycles. The van der Waals surface area contributed by atoms with Gasteiger partial charge < -0.3 is 14.7 Å². The van der Waals surface area contributed by atoms with E-state index in [1.54, 1.807) is 23.1 Å². The van der Waals surface area contributed by atoms with Crippen molar-refractivity contribution < 1.29 is 14.6 Å². The molecule has 110 valence electrons. The molecule has 1 aliphatic heterocycles. The molecule has 20 heavy (non-hydrogen) atoms. The van der Waals surface area contributed by atoms with E-state index in [4.69, 9.17) is 27.9 Å². The molecule has 0 spiro atoms. The monoisotopic (exact) mass is 317 g/mol. The fourth-order valence-corrected chi connectivity index (χ4v) is 2.80. The molecule has 1 aromatic carbocycles. The van der Waals surface area contributed by atoms with Crippen LogP contribution in [-0.2, 0) is 4.79 Å². The zero-order valence-corrected chi connectivity index (χ0v) is 12.5. The molecule has 6 heteroatoms. The third-order valence-corrected chi connectivity index (χ3v) is 3.93. The summed E-state index contributed by atoms with van der Waals surface area (Å²) < 4.78 is 5.44. The van der Waals surface area contributed by atoms with Gasteiger partial charge in [0, 0.05) is 11.6 Å². The normalized spacial score (nSPS) is 18.9. The van der Waals surface area contributed by atoms with Gasteiger partial charge in [-0.15, -0.1) is 0 Å². The van der Waals surface area contributed by atoms with Gasteiger partial charge >= 0.3 is 0 Å². The summed E-state index contributed by atoms with van der Waals surface area (Å²) in [6, 6.07) is 4.77. The van der Waals surface area contributed by atoms with Crippen molar-refractivity contribution in [3.05, 3.63) is 28.2 Å². The van der Waals surface area contributed by atoms with Crippen LogP contribution in [-0.4, -0.2) is 41.7 Å². The second kappa shape index (κ2) is 7.16. The highest BCUT2D eigenvalue weighted by Crippen LogP contribution is 2.27. The molecule has 2 rings (SSSR count). The average Bonchev–Trinajstić information content (AvgIpc) is 2.46. The van der Waals surface area contributed by atoms with Crippen LogP contribution in [0, 0.1) is 0 Å². The zero-order chi connectivity index (χ0) is 14.5. The van der Waals surface area contributed by atoms with Crippen molar-refractivity contribution in [2.45, 2.75) is 25.3 Å². The van der Waals surface area contributed by atoms with Gasteiger partial charge in [-0.2, -0.15) is 0 Å². The number of aliphatic hydroxyl groups is 1. The van der Waals surface area contributed by atoms with E-state index < -0.39 is 0 Å². The SMILES string of the molecule is O=C(COc1ccc(Cl)cc1Cl)N1CCCCC1CO. The van der Waals surface area contributed by atoms with E-state index in [0.717, 1.165) is 19.3 Å². The summed E-state index contributed by atoms with van der Waals surface area (Å²) in [5, 5.41) is 10.2. The van der Waals surface area contributed by atoms with Gasteiger partial charge in [-0.05, 0) is 37.5 Å². The van der Waals surface area contributed by atoms with Gasteiger partial charge in [0.15, 0.2) is 6.61 Å². The van der Waals surface area contributed by atoms with Crippen LogP contribution in [0.15, 0.2) is 18.2 Å². The number of carbonyl (C=O) groups excluding carboxylic acids is 1. The summed E-state index contributed by atoms with van der Waals surface area (Å²) in [5.41, 5.74) is 0. The van der Waals surface area contributed by atoms with Crippen molar-refractivity contribution in [1.29, 1.82) is 0 Å². The molecule has 1 aromatic rings. The average molecular weight is 318 g/mol. The van der Waals surface area contributed by atoms with Gasteiger partial charge in [0.05, 0.1) is 17.7 Å². The molecule has 0 aliphatic carbocycles. The molecule has 1 heterocycles. The van der Waals surface area contributed by atoms with Crippen LogP contribution < -0.4 is 4.74 Å². The lowest BCUT2D eigenvalue weighted by Gasteiger charge is -2.34. The minimum absolute atomic E-state index is 0.00651. The number of carbonyl (C=O) groups is 1. The van der Waals surface area contributed by atoms with Crippen molar-refractivity contribution in [3.8, 4) is 5.75 Å². The summed E-state index contributed by atoms with van der Waals surface area (Å²) in [6.45, 7) is 0.576. The van der Waals surface area contributed by atoms with E-state index in [1.807, 2.05) is 0 Å². The standard InChI is InChI=1S/C14H17Cl2NO3/c15-10-4-5-13(12(16)7-10)20-9-14(19)17-6-2-1-3-11(17)8-18/h4-5,7,11,18H,1-3,6,8-9H2. The fraction of sp³-hybridized carbons (Fsp3) is 0.500. The summed E-state index contributed by atoms with van der Waals surface area (Å²) in [5.74, 6) is 0.303. The molecule has 0 bridgehead atoms. The Morgan fingerprint density at radius 1 is 1.40 bits per heavy atom. The third kappa shape index (κ3) is 3.78. The van der Waals surface area contributed by atoms with Gasteiger partial charge in [0.2, 0.25) is 0 Å². The Morgan fingerprint density at radius 3 is 2.90 bits per heavy atom. The van der Waals surface area contributed by atoms with Crippen molar-refractivity contribution >= 4 is 29.1 Å². The Bertz CT molecular complexity index is 481. The highest BCUT2D eigenvalue weighted by atomic mass is 35.5. The molecule has 1 saturated heterocycles. The number of ether oxygens (including phenoxy) is 1. The number of likely N-dealkylation sites (tertiary alicyclic amines) is 1. The predicted molar refractivity (Wildman–Crippen MR) is 78.4 cm³/mol. The summed E-state index contributed by atoms with van der Waals surface area (Å²) in [7, 11) is 0. The maximum Gasteiger partial charge on any atom is 0.260 e. The predicted octanol–water partition coefficient (Wildman–Crippen LogP) is 2.75. The minimum Gasteiger partial charge on any atom is -0.482 e. The highest BCUT2D eigenvalue weighted by molar-refractivity contribution is 6.35. The molecule has 1 aliphatic rings. The molecule has 0 radical (unpaired) electrons. The number of hydrogen-bond donors (Lipinski definition) is 1. The van der Waals surface area contributed by atoms with Gasteiger partial charge in [0.1, 0.15) is 5.75 Å². The van der Waals surface area contributed by atoms with Gasteiger partial charge in [-0.25, -0.2) is 0 Å². The van der Waals surface area contributed by atoms with Crippen LogP contribution >= 0.6 is 23.2 Å². The molecular formula is C14H17Cl2NO3. The van der Waals surface area contributed by atoms with Crippen molar-refractivity contribution in [3.63, 3.8) is 0 Å². The number of amides is 1. The van der Waals surface area contributed by atoms with Crippen LogP contribution in [0.3, 0.4) is 0 Å². The fourth-order valence-electron chi connectivity index (χ4n) is 2.33. The first-order valence-corrected chi connectivity index (χ1v) is 7.35. The first-order valence-electron chi connectivity index (χ1n) is 6.60. The van der Waals surface area contributed by atoms with E-state index >= 15 is 0 Å². The number of aliphatic hydroxyl groups excluding tert-OH is 1. The molecule has 1 fully saturated rings. The Morgan fingerprint density at radius 2 is 2.20 bits per heavy atom. The topological polar surface area (TPSA) is 49.8 Å². The van der Waals surface area contributed by atoms with Crippen LogP contribution in [0.25, 0.3) is 0 Å². The van der Waals surface area contributed by atoms with E-state index in [-0.39, 0.29) is 25.2 Å². The lowest BCUT2D eigenvalue weighted by Crippen LogP contribution is -2.47. The van der Waals surface area contributed by atoms with E-state index in [2.05, 4.69) is 0 Å². The molecule has 1 atom stereocenters. The number of halogens is 2. The summed E-state index contributed by atoms with van der Waals surface area (Å²) in [6.07, 6.45) is 2.84. The lowest BCUT2D eigenvalue weighted by atomic mass is 10.0. The second-order valence-corrected chi connectivity index (χ2v) is 5.63. The summed E-state index contributed by atoms with van der Waals surface area (Å²) >= 11 is 11.8. The van der Waals surface area contributed by atoms with E-state index in [9.17, 15) is 9.90 Å². The molecule has 0 aromatic heterocycles. The maximum atomic E-state index is 12.1. The number of nitrogens with zero attached hydrogens (tertiary/aromatic N) is 1. The number of hydrogen-bond acceptors (Lipinski definition) is 3. The lowest BCUT2D eigenvalue weighted by molar-refractivity contribution is -0.138. The quantitative estimate of drug-likeness (QED) is 0.929. The van der Waals surface area contributed by atoms with Crippen molar-refractivity contribution in [2.24, 2.45) is 0 Å². The van der Waals surface area contributed by atoms with E-state index in [0.29, 0.717) is 22.3 Å². The largest absolute Gasteiger partial charge is 0.482 e. The number of benzene rings is 1. The molecule has 1 amide bonds. The smallest absolute Gasteiger partial charge is 0.260 e. The Labute approximate surface area is 128 Å².